The van der Waals surface area contributed by atoms with Crippen LogP contribution in [0.4, 0.5) is 13.2 Å². The topological polar surface area (TPSA) is 103 Å². The zero-order valence-electron chi connectivity index (χ0n) is 12.3. The smallest absolute Gasteiger partial charge is 0.350 e. The van der Waals surface area contributed by atoms with Gasteiger partial charge in [-0.15, -0.1) is 0 Å². The highest BCUT2D eigenvalue weighted by atomic mass is 35.5. The Morgan fingerprint density at radius 3 is 2.58 bits per heavy atom. The number of rotatable bonds is 2. The number of halogens is 5. The summed E-state index contributed by atoms with van der Waals surface area (Å²) in [6, 6.07) is 4.26. The molecule has 0 unspecified atom stereocenters. The second-order valence-electron chi connectivity index (χ2n) is 5.25. The Morgan fingerprint density at radius 2 is 1.96 bits per heavy atom. The Labute approximate surface area is 151 Å². The largest absolute Gasteiger partial charge is 0.451 e. The first-order chi connectivity index (χ1) is 12.3. The summed E-state index contributed by atoms with van der Waals surface area (Å²) in [6.07, 6.45) is -4.69. The Hall–Kier alpha value is -2.72. The Balaban J connectivity index is 2.03. The van der Waals surface area contributed by atoms with Gasteiger partial charge in [-0.25, -0.2) is 14.9 Å². The van der Waals surface area contributed by atoms with Crippen molar-refractivity contribution in [1.29, 1.82) is 0 Å². The first kappa shape index (κ1) is 16.7. The lowest BCUT2D eigenvalue weighted by Crippen LogP contribution is -2.07. The van der Waals surface area contributed by atoms with Gasteiger partial charge in [-0.05, 0) is 6.07 Å². The van der Waals surface area contributed by atoms with Gasteiger partial charge in [0.05, 0.1) is 33.0 Å². The lowest BCUT2D eigenvalue weighted by Gasteiger charge is -2.00. The number of H-pyrrole nitrogens is 3. The molecule has 0 aliphatic heterocycles. The van der Waals surface area contributed by atoms with Crippen molar-refractivity contribution in [3.05, 3.63) is 44.5 Å². The number of aromatic nitrogens is 5. The van der Waals surface area contributed by atoms with Gasteiger partial charge in [0.2, 0.25) is 5.82 Å². The second-order valence-corrected chi connectivity index (χ2v) is 6.03. The average molecular weight is 404 g/mol. The van der Waals surface area contributed by atoms with Gasteiger partial charge in [0, 0.05) is 10.9 Å². The summed E-state index contributed by atoms with van der Waals surface area (Å²) in [6.45, 7) is 0. The van der Waals surface area contributed by atoms with Gasteiger partial charge < -0.3 is 9.51 Å². The van der Waals surface area contributed by atoms with E-state index in [4.69, 9.17) is 23.2 Å². The molecule has 4 rings (SSSR count). The first-order valence-electron chi connectivity index (χ1n) is 6.94. The number of alkyl halides is 3. The maximum Gasteiger partial charge on any atom is 0.451 e. The Kier molecular flexibility index (Phi) is 3.63. The number of fused-ring (bicyclic) bond motifs is 1. The molecule has 0 saturated carbocycles. The number of hydrogen-bond donors (Lipinski definition) is 3. The highest BCUT2D eigenvalue weighted by Gasteiger charge is 2.36. The maximum absolute atomic E-state index is 12.8. The van der Waals surface area contributed by atoms with Crippen LogP contribution in [0, 0.1) is 0 Å². The van der Waals surface area contributed by atoms with Crippen molar-refractivity contribution < 1.29 is 17.7 Å². The van der Waals surface area contributed by atoms with Crippen LogP contribution in [0.1, 0.15) is 5.82 Å². The van der Waals surface area contributed by atoms with Gasteiger partial charge >= 0.3 is 11.8 Å². The quantitative estimate of drug-likeness (QED) is 0.465. The zero-order valence-corrected chi connectivity index (χ0v) is 13.8. The maximum atomic E-state index is 12.8. The average Bonchev–Trinajstić information content (AvgIpc) is 3.27. The van der Waals surface area contributed by atoms with Crippen molar-refractivity contribution in [3.8, 4) is 22.8 Å². The second kappa shape index (κ2) is 5.64. The Bertz CT molecular complexity index is 1190. The number of aromatic amines is 3. The minimum absolute atomic E-state index is 0.105. The lowest BCUT2D eigenvalue weighted by molar-refractivity contribution is -0.144. The molecule has 0 fully saturated rings. The van der Waals surface area contributed by atoms with Gasteiger partial charge in [-0.2, -0.15) is 18.3 Å². The molecule has 0 atom stereocenters. The van der Waals surface area contributed by atoms with Crippen LogP contribution >= 0.6 is 23.2 Å². The molecular weight excluding hydrogens is 398 g/mol. The van der Waals surface area contributed by atoms with Crippen LogP contribution in [-0.2, 0) is 6.18 Å². The van der Waals surface area contributed by atoms with Crippen LogP contribution in [0.2, 0.25) is 10.0 Å². The van der Waals surface area contributed by atoms with E-state index in [0.29, 0.717) is 16.5 Å². The molecule has 0 radical (unpaired) electrons. The molecule has 0 amide bonds. The van der Waals surface area contributed by atoms with E-state index in [9.17, 15) is 18.0 Å². The van der Waals surface area contributed by atoms with E-state index in [1.54, 1.807) is 6.07 Å². The van der Waals surface area contributed by atoms with Crippen molar-refractivity contribution in [3.63, 3.8) is 0 Å². The fourth-order valence-corrected chi connectivity index (χ4v) is 2.93. The molecule has 0 aliphatic carbocycles. The number of nitrogens with zero attached hydrogens (tertiary/aromatic N) is 2. The van der Waals surface area contributed by atoms with Crippen molar-refractivity contribution in [2.45, 2.75) is 6.18 Å². The molecule has 134 valence electrons. The van der Waals surface area contributed by atoms with Gasteiger partial charge in [-0.3, -0.25) is 5.10 Å². The van der Waals surface area contributed by atoms with E-state index in [1.165, 1.54) is 6.07 Å². The molecule has 0 saturated heterocycles. The highest BCUT2D eigenvalue weighted by molar-refractivity contribution is 6.45. The molecule has 7 nitrogen and oxygen atoms in total. The number of benzene rings is 1. The van der Waals surface area contributed by atoms with E-state index < -0.39 is 17.6 Å². The first-order valence-corrected chi connectivity index (χ1v) is 7.70. The van der Waals surface area contributed by atoms with E-state index in [0.717, 1.165) is 6.07 Å². The molecule has 1 aromatic carbocycles. The normalized spacial score (nSPS) is 12.2. The fourth-order valence-electron chi connectivity index (χ4n) is 2.56. The van der Waals surface area contributed by atoms with Crippen molar-refractivity contribution in [2.24, 2.45) is 0 Å². The van der Waals surface area contributed by atoms with Crippen molar-refractivity contribution >= 4 is 34.1 Å². The molecule has 12 heteroatoms. The standard InChI is InChI=1S/C14H6Cl2F3N5O2/c15-5-2-1-4-8(6-3-7(25)26-24-6)11(20-10(4)9(5)16)12-21-13(23-22-12)14(17,18)19/h1-3,20,24H,(H,21,22,23). The summed E-state index contributed by atoms with van der Waals surface area (Å²) in [5.41, 5.74) is 0.328. The van der Waals surface area contributed by atoms with Crippen LogP contribution < -0.4 is 5.63 Å². The van der Waals surface area contributed by atoms with Gasteiger partial charge in [0.25, 0.3) is 0 Å². The molecule has 4 aromatic rings. The summed E-state index contributed by atoms with van der Waals surface area (Å²) in [4.78, 5) is 17.7. The fraction of sp³-hybridized carbons (Fsp3) is 0.0714. The van der Waals surface area contributed by atoms with E-state index in [2.05, 4.69) is 24.7 Å². The van der Waals surface area contributed by atoms with Crippen LogP contribution in [0.3, 0.4) is 0 Å². The lowest BCUT2D eigenvalue weighted by atomic mass is 10.1. The summed E-state index contributed by atoms with van der Waals surface area (Å²) in [7, 11) is 0. The summed E-state index contributed by atoms with van der Waals surface area (Å²) in [5.74, 6) is -1.53. The molecule has 3 heterocycles. The minimum atomic E-state index is -4.69. The Morgan fingerprint density at radius 1 is 1.19 bits per heavy atom. The predicted molar refractivity (Wildman–Crippen MR) is 87.0 cm³/mol. The van der Waals surface area contributed by atoms with Gasteiger partial charge in [-0.1, -0.05) is 29.3 Å². The van der Waals surface area contributed by atoms with Crippen LogP contribution in [0.25, 0.3) is 33.7 Å². The molecular formula is C14H6Cl2F3N5O2. The molecule has 0 spiro atoms. The summed E-state index contributed by atoms with van der Waals surface area (Å²) < 4.78 is 43.1. The van der Waals surface area contributed by atoms with E-state index >= 15 is 0 Å². The van der Waals surface area contributed by atoms with Gasteiger partial charge in [0.15, 0.2) is 5.82 Å². The predicted octanol–water partition coefficient (Wildman–Crippen LogP) is 4.23. The van der Waals surface area contributed by atoms with Gasteiger partial charge in [0.1, 0.15) is 0 Å². The monoisotopic (exact) mass is 403 g/mol. The molecule has 26 heavy (non-hydrogen) atoms. The zero-order chi connectivity index (χ0) is 18.6. The molecule has 0 bridgehead atoms. The molecule has 0 aliphatic rings. The van der Waals surface area contributed by atoms with Crippen LogP contribution in [-0.4, -0.2) is 25.3 Å². The summed E-state index contributed by atoms with van der Waals surface area (Å²) in [5, 5.41) is 8.75. The number of hydrogen-bond acceptors (Lipinski definition) is 4. The molecule has 3 aromatic heterocycles. The van der Waals surface area contributed by atoms with Crippen LogP contribution in [0.15, 0.2) is 27.5 Å². The third-order valence-electron chi connectivity index (χ3n) is 3.63. The number of nitrogens with one attached hydrogen (secondary N) is 3. The third-order valence-corrected chi connectivity index (χ3v) is 4.44. The van der Waals surface area contributed by atoms with E-state index in [-0.39, 0.29) is 27.3 Å². The van der Waals surface area contributed by atoms with Crippen molar-refractivity contribution in [2.75, 3.05) is 0 Å². The SMILES string of the molecule is O=c1cc(-c2c(-c3n[nH]c(C(F)(F)F)n3)[nH]c3c(Cl)c(Cl)ccc23)[nH]o1. The minimum Gasteiger partial charge on any atom is -0.350 e. The van der Waals surface area contributed by atoms with Crippen LogP contribution in [0.5, 0.6) is 0 Å². The highest BCUT2D eigenvalue weighted by Crippen LogP contribution is 2.41. The third kappa shape index (κ3) is 2.58. The van der Waals surface area contributed by atoms with Crippen molar-refractivity contribution in [1.82, 2.24) is 25.3 Å². The summed E-state index contributed by atoms with van der Waals surface area (Å²) >= 11 is 12.2. The van der Waals surface area contributed by atoms with E-state index in [1.807, 2.05) is 5.10 Å². The molecule has 3 N–H and O–H groups in total.